The molecule has 0 saturated heterocycles. The molecule has 0 saturated carbocycles. The zero-order valence-electron chi connectivity index (χ0n) is 10.2. The molecule has 0 amide bonds. The van der Waals surface area contributed by atoms with Crippen LogP contribution in [0, 0.1) is 0 Å². The van der Waals surface area contributed by atoms with Crippen molar-refractivity contribution in [2.75, 3.05) is 7.11 Å². The number of methoxy groups -OCH3 is 1. The summed E-state index contributed by atoms with van der Waals surface area (Å²) in [7, 11) is 1.65. The largest absolute Gasteiger partial charge is 0.497 e. The van der Waals surface area contributed by atoms with Gasteiger partial charge in [0.05, 0.1) is 12.7 Å². The summed E-state index contributed by atoms with van der Waals surface area (Å²) < 4.78 is 5.23. The molecule has 0 aliphatic rings. The average molecular weight is 208 g/mol. The molecule has 1 rings (SSSR count). The van der Waals surface area contributed by atoms with Crippen molar-refractivity contribution in [3.8, 4) is 5.75 Å². The van der Waals surface area contributed by atoms with E-state index in [-0.39, 0.29) is 0 Å². The normalized spacial score (nSPS) is 11.9. The highest BCUT2D eigenvalue weighted by atomic mass is 16.5. The smallest absolute Gasteiger partial charge is 0.119 e. The van der Waals surface area contributed by atoms with Gasteiger partial charge in [-0.1, -0.05) is 19.9 Å². The van der Waals surface area contributed by atoms with Gasteiger partial charge in [0.2, 0.25) is 0 Å². The Morgan fingerprint density at radius 2 is 1.80 bits per heavy atom. The van der Waals surface area contributed by atoms with E-state index < -0.39 is 5.60 Å². The van der Waals surface area contributed by atoms with Crippen molar-refractivity contribution in [2.45, 2.75) is 39.2 Å². The van der Waals surface area contributed by atoms with Crippen LogP contribution in [0.5, 0.6) is 5.75 Å². The first kappa shape index (κ1) is 12.1. The van der Waals surface area contributed by atoms with Crippen molar-refractivity contribution >= 4 is 0 Å². The molecule has 0 radical (unpaired) electrons. The molecular weight excluding hydrogens is 188 g/mol. The van der Waals surface area contributed by atoms with E-state index in [4.69, 9.17) is 4.74 Å². The van der Waals surface area contributed by atoms with E-state index in [0.29, 0.717) is 5.92 Å². The maximum Gasteiger partial charge on any atom is 0.119 e. The van der Waals surface area contributed by atoms with Crippen LogP contribution in [0.1, 0.15) is 44.7 Å². The average Bonchev–Trinajstić information content (AvgIpc) is 2.15. The molecule has 0 aliphatic carbocycles. The summed E-state index contributed by atoms with van der Waals surface area (Å²) >= 11 is 0. The Balaban J connectivity index is 3.23. The van der Waals surface area contributed by atoms with Crippen LogP contribution in [0.3, 0.4) is 0 Å². The van der Waals surface area contributed by atoms with Crippen LogP contribution >= 0.6 is 0 Å². The van der Waals surface area contributed by atoms with Crippen LogP contribution in [-0.4, -0.2) is 12.2 Å². The molecule has 2 nitrogen and oxygen atoms in total. The second-order valence-corrected chi connectivity index (χ2v) is 4.71. The summed E-state index contributed by atoms with van der Waals surface area (Å²) in [4.78, 5) is 0. The van der Waals surface area contributed by atoms with Crippen LogP contribution in [0.2, 0.25) is 0 Å². The molecule has 1 N–H and O–H groups in total. The summed E-state index contributed by atoms with van der Waals surface area (Å²) in [6, 6.07) is 5.93. The van der Waals surface area contributed by atoms with Crippen molar-refractivity contribution < 1.29 is 9.84 Å². The van der Waals surface area contributed by atoms with Gasteiger partial charge in [-0.15, -0.1) is 0 Å². The van der Waals surface area contributed by atoms with Crippen LogP contribution in [0.4, 0.5) is 0 Å². The van der Waals surface area contributed by atoms with Crippen molar-refractivity contribution in [3.63, 3.8) is 0 Å². The summed E-state index contributed by atoms with van der Waals surface area (Å²) in [5.74, 6) is 1.24. The number of hydrogen-bond donors (Lipinski definition) is 1. The first-order valence-electron chi connectivity index (χ1n) is 5.26. The number of rotatable bonds is 3. The van der Waals surface area contributed by atoms with Crippen molar-refractivity contribution in [2.24, 2.45) is 0 Å². The van der Waals surface area contributed by atoms with Crippen LogP contribution in [-0.2, 0) is 5.60 Å². The minimum Gasteiger partial charge on any atom is -0.497 e. The lowest BCUT2D eigenvalue weighted by Crippen LogP contribution is -2.16. The Labute approximate surface area is 91.9 Å². The Hall–Kier alpha value is -1.02. The minimum absolute atomic E-state index is 0.432. The van der Waals surface area contributed by atoms with Gasteiger partial charge in [0, 0.05) is 0 Å². The van der Waals surface area contributed by atoms with Crippen molar-refractivity contribution in [1.29, 1.82) is 0 Å². The van der Waals surface area contributed by atoms with Gasteiger partial charge < -0.3 is 9.84 Å². The molecule has 2 heteroatoms. The monoisotopic (exact) mass is 208 g/mol. The van der Waals surface area contributed by atoms with E-state index in [9.17, 15) is 5.11 Å². The lowest BCUT2D eigenvalue weighted by molar-refractivity contribution is 0.0782. The van der Waals surface area contributed by atoms with E-state index >= 15 is 0 Å². The zero-order valence-corrected chi connectivity index (χ0v) is 10.2. The van der Waals surface area contributed by atoms with Gasteiger partial charge in [0.1, 0.15) is 5.75 Å². The van der Waals surface area contributed by atoms with Gasteiger partial charge in [-0.25, -0.2) is 0 Å². The van der Waals surface area contributed by atoms with Crippen LogP contribution in [0.15, 0.2) is 18.2 Å². The van der Waals surface area contributed by atoms with Gasteiger partial charge in [-0.3, -0.25) is 0 Å². The van der Waals surface area contributed by atoms with Gasteiger partial charge in [0.25, 0.3) is 0 Å². The lowest BCUT2D eigenvalue weighted by Gasteiger charge is -2.20. The molecule has 84 valence electrons. The fraction of sp³-hybridized carbons (Fsp3) is 0.538. The molecule has 0 unspecified atom stereocenters. The number of ether oxygens (including phenoxy) is 1. The maximum absolute atomic E-state index is 9.96. The third kappa shape index (κ3) is 2.96. The number of benzene rings is 1. The van der Waals surface area contributed by atoms with Gasteiger partial charge >= 0.3 is 0 Å². The Morgan fingerprint density at radius 3 is 2.20 bits per heavy atom. The van der Waals surface area contributed by atoms with E-state index in [1.807, 2.05) is 18.2 Å². The van der Waals surface area contributed by atoms with Gasteiger partial charge in [-0.05, 0) is 43.0 Å². The van der Waals surface area contributed by atoms with E-state index in [2.05, 4.69) is 13.8 Å². The Bertz CT molecular complexity index is 335. The molecule has 0 fully saturated rings. The summed E-state index contributed by atoms with van der Waals surface area (Å²) in [6.07, 6.45) is 0. The zero-order chi connectivity index (χ0) is 11.6. The lowest BCUT2D eigenvalue weighted by atomic mass is 9.93. The molecule has 0 atom stereocenters. The Kier molecular flexibility index (Phi) is 3.40. The maximum atomic E-state index is 9.96. The third-order valence-corrected chi connectivity index (χ3v) is 2.54. The van der Waals surface area contributed by atoms with E-state index in [0.717, 1.165) is 11.3 Å². The predicted molar refractivity (Wildman–Crippen MR) is 62.3 cm³/mol. The topological polar surface area (TPSA) is 29.5 Å². The quantitative estimate of drug-likeness (QED) is 0.827. The highest BCUT2D eigenvalue weighted by molar-refractivity contribution is 5.38. The summed E-state index contributed by atoms with van der Waals surface area (Å²) in [5.41, 5.74) is 1.26. The molecule has 0 spiro atoms. The van der Waals surface area contributed by atoms with Crippen LogP contribution in [0.25, 0.3) is 0 Å². The second kappa shape index (κ2) is 4.23. The van der Waals surface area contributed by atoms with E-state index in [1.165, 1.54) is 5.56 Å². The SMILES string of the molecule is COc1cc(C(C)C)cc(C(C)(C)O)c1. The highest BCUT2D eigenvalue weighted by Gasteiger charge is 2.18. The minimum atomic E-state index is -0.821. The molecule has 1 aromatic rings. The molecular formula is C13H20O2. The predicted octanol–water partition coefficient (Wildman–Crippen LogP) is 3.05. The first-order chi connectivity index (χ1) is 6.84. The molecule has 1 aromatic carbocycles. The first-order valence-corrected chi connectivity index (χ1v) is 5.26. The summed E-state index contributed by atoms with van der Waals surface area (Å²) in [6.45, 7) is 7.82. The van der Waals surface area contributed by atoms with Crippen LogP contribution < -0.4 is 4.74 Å². The summed E-state index contributed by atoms with van der Waals surface area (Å²) in [5, 5.41) is 9.96. The second-order valence-electron chi connectivity index (χ2n) is 4.71. The van der Waals surface area contributed by atoms with Gasteiger partial charge in [-0.2, -0.15) is 0 Å². The molecule has 0 bridgehead atoms. The molecule has 15 heavy (non-hydrogen) atoms. The molecule has 0 aromatic heterocycles. The third-order valence-electron chi connectivity index (χ3n) is 2.54. The molecule has 0 aliphatic heterocycles. The highest BCUT2D eigenvalue weighted by Crippen LogP contribution is 2.28. The number of hydrogen-bond acceptors (Lipinski definition) is 2. The fourth-order valence-electron chi connectivity index (χ4n) is 1.43. The Morgan fingerprint density at radius 1 is 1.20 bits per heavy atom. The fourth-order valence-corrected chi connectivity index (χ4v) is 1.43. The van der Waals surface area contributed by atoms with Gasteiger partial charge in [0.15, 0.2) is 0 Å². The van der Waals surface area contributed by atoms with Crippen molar-refractivity contribution in [3.05, 3.63) is 29.3 Å². The van der Waals surface area contributed by atoms with E-state index in [1.54, 1.807) is 21.0 Å². The number of aliphatic hydroxyl groups is 1. The standard InChI is InChI=1S/C13H20O2/c1-9(2)10-6-11(13(3,4)14)8-12(7-10)15-5/h6-9,14H,1-5H3. The van der Waals surface area contributed by atoms with Crippen molar-refractivity contribution in [1.82, 2.24) is 0 Å². The molecule has 0 heterocycles.